The van der Waals surface area contributed by atoms with Gasteiger partial charge in [-0.1, -0.05) is 42.5 Å². The van der Waals surface area contributed by atoms with Crippen LogP contribution < -0.4 is 5.32 Å². The van der Waals surface area contributed by atoms with E-state index in [4.69, 9.17) is 0 Å². The normalized spacial score (nSPS) is 11.7. The molecule has 27 heavy (non-hydrogen) atoms. The maximum Gasteiger partial charge on any atom is 0.326 e. The number of amides is 1. The topological polar surface area (TPSA) is 79.3 Å². The van der Waals surface area contributed by atoms with Crippen LogP contribution >= 0.6 is 11.3 Å². The van der Waals surface area contributed by atoms with Gasteiger partial charge in [0, 0.05) is 17.4 Å². The highest BCUT2D eigenvalue weighted by Crippen LogP contribution is 2.26. The zero-order chi connectivity index (χ0) is 19.2. The molecule has 3 aromatic rings. The minimum Gasteiger partial charge on any atom is -0.480 e. The van der Waals surface area contributed by atoms with Gasteiger partial charge in [-0.2, -0.15) is 0 Å². The number of aromatic nitrogens is 1. The van der Waals surface area contributed by atoms with Crippen molar-refractivity contribution in [3.63, 3.8) is 0 Å². The molecule has 0 saturated carbocycles. The summed E-state index contributed by atoms with van der Waals surface area (Å²) in [5.74, 6) is -1.92. The second kappa shape index (κ2) is 8.55. The number of benzene rings is 2. The molecule has 3 rings (SSSR count). The van der Waals surface area contributed by atoms with Crippen molar-refractivity contribution in [3.05, 3.63) is 77.1 Å². The molecule has 0 radical (unpaired) electrons. The molecule has 1 heterocycles. The molecular weight excluding hydrogens is 367 g/mol. The number of carboxylic acid groups (broad SMARTS) is 1. The highest BCUT2D eigenvalue weighted by molar-refractivity contribution is 7.13. The van der Waals surface area contributed by atoms with E-state index in [0.29, 0.717) is 16.3 Å². The van der Waals surface area contributed by atoms with Gasteiger partial charge in [0.15, 0.2) is 0 Å². The molecule has 0 bridgehead atoms. The van der Waals surface area contributed by atoms with E-state index in [1.54, 1.807) is 23.6 Å². The zero-order valence-corrected chi connectivity index (χ0v) is 15.1. The molecule has 1 amide bonds. The van der Waals surface area contributed by atoms with Crippen LogP contribution in [0.1, 0.15) is 11.3 Å². The molecule has 2 aromatic carbocycles. The van der Waals surface area contributed by atoms with Gasteiger partial charge in [-0.05, 0) is 17.7 Å². The van der Waals surface area contributed by atoms with Crippen LogP contribution in [-0.2, 0) is 22.4 Å². The summed E-state index contributed by atoms with van der Waals surface area (Å²) < 4.78 is 13.8. The highest BCUT2D eigenvalue weighted by Gasteiger charge is 2.21. The lowest BCUT2D eigenvalue weighted by molar-refractivity contribution is -0.141. The first-order valence-electron chi connectivity index (χ1n) is 8.28. The average molecular weight is 384 g/mol. The fourth-order valence-corrected chi connectivity index (χ4v) is 3.45. The summed E-state index contributed by atoms with van der Waals surface area (Å²) in [6.07, 6.45) is 0.128. The first-order chi connectivity index (χ1) is 13.0. The molecule has 5 nitrogen and oxygen atoms in total. The molecule has 0 aliphatic rings. The van der Waals surface area contributed by atoms with Crippen LogP contribution in [0.25, 0.3) is 10.6 Å². The number of nitrogens with zero attached hydrogens (tertiary/aromatic N) is 1. The number of carbonyl (C=O) groups excluding carboxylic acids is 1. The van der Waals surface area contributed by atoms with Crippen LogP contribution in [0.4, 0.5) is 4.39 Å². The molecule has 138 valence electrons. The Hall–Kier alpha value is -3.06. The number of aliphatic carboxylic acids is 1. The summed E-state index contributed by atoms with van der Waals surface area (Å²) in [5.41, 5.74) is 1.67. The van der Waals surface area contributed by atoms with Gasteiger partial charge < -0.3 is 10.4 Å². The van der Waals surface area contributed by atoms with Crippen LogP contribution in [0.15, 0.2) is 60.0 Å². The zero-order valence-electron chi connectivity index (χ0n) is 14.3. The van der Waals surface area contributed by atoms with Crippen LogP contribution in [-0.4, -0.2) is 28.0 Å². The molecule has 1 unspecified atom stereocenters. The SMILES string of the molecule is O=C(Cc1csc(-c2ccccc2F)n1)NC(Cc1ccccc1)C(=O)O. The molecule has 0 aliphatic heterocycles. The number of hydrogen-bond donors (Lipinski definition) is 2. The Kier molecular flexibility index (Phi) is 5.93. The summed E-state index contributed by atoms with van der Waals surface area (Å²) >= 11 is 1.24. The molecule has 0 spiro atoms. The lowest BCUT2D eigenvalue weighted by Gasteiger charge is -2.14. The summed E-state index contributed by atoms with van der Waals surface area (Å²) in [4.78, 5) is 28.0. The smallest absolute Gasteiger partial charge is 0.326 e. The largest absolute Gasteiger partial charge is 0.480 e. The van der Waals surface area contributed by atoms with Gasteiger partial charge in [0.1, 0.15) is 16.9 Å². The van der Waals surface area contributed by atoms with Gasteiger partial charge in [-0.15, -0.1) is 11.3 Å². The van der Waals surface area contributed by atoms with E-state index in [0.717, 1.165) is 5.56 Å². The van der Waals surface area contributed by atoms with Gasteiger partial charge in [0.25, 0.3) is 0 Å². The third-order valence-corrected chi connectivity index (χ3v) is 4.84. The summed E-state index contributed by atoms with van der Waals surface area (Å²) in [6, 6.07) is 14.4. The molecule has 0 aliphatic carbocycles. The summed E-state index contributed by atoms with van der Waals surface area (Å²) in [6.45, 7) is 0. The van der Waals surface area contributed by atoms with E-state index in [2.05, 4.69) is 10.3 Å². The number of carboxylic acids is 1. The molecule has 0 fully saturated rings. The number of thiazole rings is 1. The first-order valence-corrected chi connectivity index (χ1v) is 9.16. The van der Waals surface area contributed by atoms with Crippen molar-refractivity contribution < 1.29 is 19.1 Å². The van der Waals surface area contributed by atoms with Gasteiger partial charge >= 0.3 is 5.97 Å². The fourth-order valence-electron chi connectivity index (χ4n) is 2.61. The Bertz CT molecular complexity index is 943. The van der Waals surface area contributed by atoms with Crippen molar-refractivity contribution in [2.75, 3.05) is 0 Å². The van der Waals surface area contributed by atoms with Crippen molar-refractivity contribution >= 4 is 23.2 Å². The molecule has 1 aromatic heterocycles. The lowest BCUT2D eigenvalue weighted by Crippen LogP contribution is -2.43. The predicted molar refractivity (Wildman–Crippen MR) is 101 cm³/mol. The van der Waals surface area contributed by atoms with Gasteiger partial charge in [0.2, 0.25) is 5.91 Å². The Morgan fingerprint density at radius 2 is 1.81 bits per heavy atom. The van der Waals surface area contributed by atoms with Crippen molar-refractivity contribution in [2.24, 2.45) is 0 Å². The Morgan fingerprint density at radius 1 is 1.11 bits per heavy atom. The van der Waals surface area contributed by atoms with E-state index < -0.39 is 17.9 Å². The Balaban J connectivity index is 1.64. The predicted octanol–water partition coefficient (Wildman–Crippen LogP) is 3.30. The number of carbonyl (C=O) groups is 2. The number of nitrogens with one attached hydrogen (secondary N) is 1. The Labute approximate surface area is 159 Å². The average Bonchev–Trinajstić information content (AvgIpc) is 3.10. The summed E-state index contributed by atoms with van der Waals surface area (Å²) in [7, 11) is 0. The third-order valence-electron chi connectivity index (χ3n) is 3.91. The highest BCUT2D eigenvalue weighted by atomic mass is 32.1. The van der Waals surface area contributed by atoms with Crippen molar-refractivity contribution in [1.29, 1.82) is 0 Å². The van der Waals surface area contributed by atoms with Gasteiger partial charge in [-0.3, -0.25) is 4.79 Å². The van der Waals surface area contributed by atoms with E-state index in [9.17, 15) is 19.1 Å². The molecular formula is C20H17FN2O3S. The van der Waals surface area contributed by atoms with E-state index in [-0.39, 0.29) is 18.7 Å². The van der Waals surface area contributed by atoms with Crippen molar-refractivity contribution in [3.8, 4) is 10.6 Å². The monoisotopic (exact) mass is 384 g/mol. The van der Waals surface area contributed by atoms with E-state index in [1.807, 2.05) is 30.3 Å². The molecule has 1 atom stereocenters. The van der Waals surface area contributed by atoms with Crippen molar-refractivity contribution in [1.82, 2.24) is 10.3 Å². The first kappa shape index (κ1) is 18.7. The van der Waals surface area contributed by atoms with Crippen molar-refractivity contribution in [2.45, 2.75) is 18.9 Å². The minimum atomic E-state index is -1.10. The van der Waals surface area contributed by atoms with Crippen LogP contribution in [0.2, 0.25) is 0 Å². The number of halogens is 1. The van der Waals surface area contributed by atoms with Crippen LogP contribution in [0.5, 0.6) is 0 Å². The van der Waals surface area contributed by atoms with Crippen LogP contribution in [0, 0.1) is 5.82 Å². The number of rotatable bonds is 7. The standard InChI is InChI=1S/C20H17FN2O3S/c21-16-9-5-4-8-15(16)19-22-14(12-27-19)11-18(24)23-17(20(25)26)10-13-6-2-1-3-7-13/h1-9,12,17H,10-11H2,(H,23,24)(H,25,26). The quantitative estimate of drug-likeness (QED) is 0.655. The third kappa shape index (κ3) is 4.98. The van der Waals surface area contributed by atoms with E-state index in [1.165, 1.54) is 17.4 Å². The maximum absolute atomic E-state index is 13.8. The molecule has 7 heteroatoms. The van der Waals surface area contributed by atoms with Crippen LogP contribution in [0.3, 0.4) is 0 Å². The number of hydrogen-bond acceptors (Lipinski definition) is 4. The molecule has 2 N–H and O–H groups in total. The fraction of sp³-hybridized carbons (Fsp3) is 0.150. The second-order valence-corrected chi connectivity index (χ2v) is 6.81. The molecule has 0 saturated heterocycles. The lowest BCUT2D eigenvalue weighted by atomic mass is 10.1. The van der Waals surface area contributed by atoms with Gasteiger partial charge in [0.05, 0.1) is 12.1 Å². The second-order valence-electron chi connectivity index (χ2n) is 5.95. The minimum absolute atomic E-state index is 0.0660. The maximum atomic E-state index is 13.8. The van der Waals surface area contributed by atoms with Gasteiger partial charge in [-0.25, -0.2) is 14.2 Å². The van der Waals surface area contributed by atoms with E-state index >= 15 is 0 Å². The summed E-state index contributed by atoms with van der Waals surface area (Å²) in [5, 5.41) is 14.0. The Morgan fingerprint density at radius 3 is 2.52 bits per heavy atom.